The molecule has 1 aromatic rings. The lowest BCUT2D eigenvalue weighted by Crippen LogP contribution is -2.28. The van der Waals surface area contributed by atoms with Gasteiger partial charge in [-0.25, -0.2) is 8.78 Å². The van der Waals surface area contributed by atoms with Gasteiger partial charge in [-0.2, -0.15) is 0 Å². The van der Waals surface area contributed by atoms with Crippen molar-refractivity contribution in [3.05, 3.63) is 29.8 Å². The van der Waals surface area contributed by atoms with E-state index in [4.69, 9.17) is 4.74 Å². The van der Waals surface area contributed by atoms with Crippen molar-refractivity contribution in [2.24, 2.45) is 5.92 Å². The fourth-order valence-electron chi connectivity index (χ4n) is 3.23. The molecule has 0 N–H and O–H groups in total. The number of hydrogen-bond acceptors (Lipinski definition) is 2. The van der Waals surface area contributed by atoms with Crippen LogP contribution in [0, 0.1) is 17.6 Å². The summed E-state index contributed by atoms with van der Waals surface area (Å²) >= 11 is 0. The summed E-state index contributed by atoms with van der Waals surface area (Å²) in [7, 11) is -0.302. The molecule has 0 aliphatic carbocycles. The van der Waals surface area contributed by atoms with Gasteiger partial charge in [-0.15, -0.1) is 0 Å². The van der Waals surface area contributed by atoms with Crippen LogP contribution in [0.4, 0.5) is 8.78 Å². The van der Waals surface area contributed by atoms with E-state index in [0.29, 0.717) is 0 Å². The van der Waals surface area contributed by atoms with Gasteiger partial charge in [0.2, 0.25) is 0 Å². The number of benzene rings is 1. The van der Waals surface area contributed by atoms with Gasteiger partial charge in [0, 0.05) is 14.9 Å². The van der Waals surface area contributed by atoms with E-state index in [0.717, 1.165) is 37.1 Å². The minimum absolute atomic E-state index is 0.0888. The fourth-order valence-corrected chi connectivity index (χ4v) is 6.24. The Hall–Kier alpha value is -1.23. The van der Waals surface area contributed by atoms with Crippen LogP contribution in [0.2, 0.25) is 18.1 Å². The molecule has 133 valence electrons. The van der Waals surface area contributed by atoms with E-state index in [2.05, 4.69) is 6.92 Å². The third-order valence-electron chi connectivity index (χ3n) is 4.77. The van der Waals surface area contributed by atoms with Crippen molar-refractivity contribution in [3.63, 3.8) is 0 Å². The van der Waals surface area contributed by atoms with Crippen LogP contribution < -0.4 is 4.74 Å². The quantitative estimate of drug-likeness (QED) is 0.258. The minimum atomic E-state index is -0.988. The maximum atomic E-state index is 13.2. The summed E-state index contributed by atoms with van der Waals surface area (Å²) < 4.78 is 31.3. The molecule has 0 atom stereocenters. The summed E-state index contributed by atoms with van der Waals surface area (Å²) in [6, 6.07) is 6.90. The van der Waals surface area contributed by atoms with Crippen LogP contribution >= 0.6 is 0 Å². The molecule has 1 radical (unpaired) electrons. The normalized spacial score (nSPS) is 16.3. The summed E-state index contributed by atoms with van der Waals surface area (Å²) in [6.07, 6.45) is 8.38. The summed E-state index contributed by atoms with van der Waals surface area (Å²) in [4.78, 5) is 12.2. The maximum absolute atomic E-state index is 13.2. The van der Waals surface area contributed by atoms with Crippen LogP contribution in [-0.2, 0) is 4.79 Å². The van der Waals surface area contributed by atoms with E-state index in [1.54, 1.807) is 0 Å². The largest absolute Gasteiger partial charge is 0.426 e. The lowest BCUT2D eigenvalue weighted by molar-refractivity contribution is -0.139. The molecule has 0 spiro atoms. The van der Waals surface area contributed by atoms with Crippen LogP contribution in [0.15, 0.2) is 18.2 Å². The number of halogens is 2. The highest BCUT2D eigenvalue weighted by Gasteiger charge is 2.28. The number of carbonyl (C=O) groups is 1. The van der Waals surface area contributed by atoms with Gasteiger partial charge in [0.25, 0.3) is 0 Å². The predicted octanol–water partition coefficient (Wildman–Crippen LogP) is 5.75. The highest BCUT2D eigenvalue weighted by Crippen LogP contribution is 2.30. The Balaban J connectivity index is 1.69. The highest BCUT2D eigenvalue weighted by molar-refractivity contribution is 6.59. The predicted molar refractivity (Wildman–Crippen MR) is 93.7 cm³/mol. The fraction of sp³-hybridized carbons (Fsp3) is 0.632. The topological polar surface area (TPSA) is 26.3 Å². The van der Waals surface area contributed by atoms with Crippen molar-refractivity contribution in [1.82, 2.24) is 0 Å². The highest BCUT2D eigenvalue weighted by atomic mass is 28.3. The van der Waals surface area contributed by atoms with Crippen molar-refractivity contribution >= 4 is 14.8 Å². The molecule has 0 amide bonds. The second-order valence-electron chi connectivity index (χ2n) is 6.69. The van der Waals surface area contributed by atoms with Crippen molar-refractivity contribution in [1.29, 1.82) is 0 Å². The van der Waals surface area contributed by atoms with Gasteiger partial charge in [0.15, 0.2) is 11.6 Å². The summed E-state index contributed by atoms with van der Waals surface area (Å²) in [5, 5.41) is 0. The van der Waals surface area contributed by atoms with Crippen molar-refractivity contribution < 1.29 is 18.3 Å². The first-order chi connectivity index (χ1) is 11.6. The molecule has 5 heteroatoms. The monoisotopic (exact) mass is 353 g/mol. The van der Waals surface area contributed by atoms with Gasteiger partial charge in [-0.05, 0) is 25.0 Å². The number of unbranched alkanes of at least 4 members (excludes halogenated alkanes) is 4. The zero-order valence-corrected chi connectivity index (χ0v) is 15.5. The van der Waals surface area contributed by atoms with Gasteiger partial charge in [-0.3, -0.25) is 4.79 Å². The molecule has 0 unspecified atom stereocenters. The Morgan fingerprint density at radius 3 is 2.50 bits per heavy atom. The minimum Gasteiger partial charge on any atom is -0.426 e. The molecule has 24 heavy (non-hydrogen) atoms. The number of carbonyl (C=O) groups excluding carboxylic acids is 1. The van der Waals surface area contributed by atoms with Gasteiger partial charge in [-0.1, -0.05) is 57.2 Å². The SMILES string of the molecule is CCCCCCC[Si]1CCC(C(=O)Oc2ccc(F)c(F)c2)CC1. The Morgan fingerprint density at radius 1 is 1.12 bits per heavy atom. The first-order valence-corrected chi connectivity index (χ1v) is 11.2. The first kappa shape index (κ1) is 19.1. The number of ether oxygens (including phenoxy) is 1. The zero-order valence-electron chi connectivity index (χ0n) is 14.5. The van der Waals surface area contributed by atoms with Gasteiger partial charge in [0.05, 0.1) is 5.92 Å². The van der Waals surface area contributed by atoms with Crippen LogP contribution in [0.25, 0.3) is 0 Å². The third-order valence-corrected chi connectivity index (χ3v) is 7.82. The lowest BCUT2D eigenvalue weighted by Gasteiger charge is -2.26. The molecule has 1 aromatic carbocycles. The number of esters is 1. The van der Waals surface area contributed by atoms with Crippen molar-refractivity contribution in [2.45, 2.75) is 70.0 Å². The summed E-state index contributed by atoms with van der Waals surface area (Å²) in [5.74, 6) is -2.22. The van der Waals surface area contributed by atoms with Crippen LogP contribution in [0.5, 0.6) is 5.75 Å². The molecule has 1 heterocycles. The molecule has 1 aliphatic rings. The van der Waals surface area contributed by atoms with E-state index in [1.165, 1.54) is 44.2 Å². The van der Waals surface area contributed by atoms with E-state index in [9.17, 15) is 13.6 Å². The Bertz CT molecular complexity index is 528. The molecular formula is C19H27F2O2Si. The molecule has 1 aliphatic heterocycles. The average Bonchev–Trinajstić information content (AvgIpc) is 2.58. The molecule has 1 saturated heterocycles. The smallest absolute Gasteiger partial charge is 0.314 e. The van der Waals surface area contributed by atoms with E-state index in [-0.39, 0.29) is 26.4 Å². The Morgan fingerprint density at radius 2 is 1.83 bits per heavy atom. The molecule has 0 bridgehead atoms. The van der Waals surface area contributed by atoms with Gasteiger partial charge >= 0.3 is 5.97 Å². The molecule has 1 fully saturated rings. The second-order valence-corrected chi connectivity index (χ2v) is 9.69. The molecule has 0 aromatic heterocycles. The summed E-state index contributed by atoms with van der Waals surface area (Å²) in [6.45, 7) is 2.23. The molecule has 2 nitrogen and oxygen atoms in total. The first-order valence-electron chi connectivity index (χ1n) is 9.10. The number of rotatable bonds is 8. The maximum Gasteiger partial charge on any atom is 0.314 e. The van der Waals surface area contributed by atoms with Gasteiger partial charge in [0.1, 0.15) is 5.75 Å². The zero-order chi connectivity index (χ0) is 17.4. The van der Waals surface area contributed by atoms with Gasteiger partial charge < -0.3 is 4.74 Å². The van der Waals surface area contributed by atoms with Crippen LogP contribution in [0.3, 0.4) is 0 Å². The van der Waals surface area contributed by atoms with Crippen LogP contribution in [0.1, 0.15) is 51.9 Å². The van der Waals surface area contributed by atoms with Crippen LogP contribution in [-0.4, -0.2) is 14.8 Å². The molecule has 2 rings (SSSR count). The molecule has 0 saturated carbocycles. The van der Waals surface area contributed by atoms with Crippen molar-refractivity contribution in [3.8, 4) is 5.75 Å². The molecular weight excluding hydrogens is 326 g/mol. The number of hydrogen-bond donors (Lipinski definition) is 0. The third kappa shape index (κ3) is 6.00. The summed E-state index contributed by atoms with van der Waals surface area (Å²) in [5.41, 5.74) is 0. The average molecular weight is 354 g/mol. The Labute approximate surface area is 145 Å². The standard InChI is InChI=1S/C19H27F2O2Si/c1-2-3-4-5-6-11-24-12-9-15(10-13-24)19(22)23-16-7-8-17(20)18(21)14-16/h7-8,14-15H,2-6,9-13H2,1H3. The van der Waals surface area contributed by atoms with E-state index in [1.807, 2.05) is 0 Å². The van der Waals surface area contributed by atoms with E-state index < -0.39 is 11.6 Å². The lowest BCUT2D eigenvalue weighted by atomic mass is 10.0. The van der Waals surface area contributed by atoms with E-state index >= 15 is 0 Å². The van der Waals surface area contributed by atoms with Crippen molar-refractivity contribution in [2.75, 3.05) is 0 Å². The second kappa shape index (κ2) is 9.92. The Kier molecular flexibility index (Phi) is 7.89.